The third kappa shape index (κ3) is 1.76. The molecule has 4 nitrogen and oxygen atoms in total. The molecule has 0 bridgehead atoms. The largest absolute Gasteiger partial charge is 0.370 e. The Balaban J connectivity index is 2.32. The maximum atomic E-state index is 5.71. The standard InChI is InChI=1S/C10H15N3O/c1-6(11)3-10-12-7(2)8-4-14-5-9(8)13-10/h6H,3-5,11H2,1-2H3. The first-order valence-corrected chi connectivity index (χ1v) is 4.85. The van der Waals surface area contributed by atoms with E-state index in [9.17, 15) is 0 Å². The van der Waals surface area contributed by atoms with Crippen molar-refractivity contribution in [1.82, 2.24) is 9.97 Å². The highest BCUT2D eigenvalue weighted by Gasteiger charge is 2.17. The molecule has 0 radical (unpaired) electrons. The summed E-state index contributed by atoms with van der Waals surface area (Å²) in [7, 11) is 0. The molecule has 1 atom stereocenters. The van der Waals surface area contributed by atoms with Gasteiger partial charge in [-0.15, -0.1) is 0 Å². The van der Waals surface area contributed by atoms with Gasteiger partial charge in [-0.1, -0.05) is 0 Å². The Bertz CT molecular complexity index is 349. The number of fused-ring (bicyclic) bond motifs is 1. The van der Waals surface area contributed by atoms with Crippen LogP contribution in [0.1, 0.15) is 29.7 Å². The lowest BCUT2D eigenvalue weighted by molar-refractivity contribution is 0.133. The average Bonchev–Trinajstić information content (AvgIpc) is 2.50. The number of ether oxygens (including phenoxy) is 1. The number of aryl methyl sites for hydroxylation is 1. The lowest BCUT2D eigenvalue weighted by atomic mass is 10.2. The average molecular weight is 193 g/mol. The number of aromatic nitrogens is 2. The maximum Gasteiger partial charge on any atom is 0.130 e. The van der Waals surface area contributed by atoms with Gasteiger partial charge in [-0.2, -0.15) is 0 Å². The zero-order valence-electron chi connectivity index (χ0n) is 8.58. The van der Waals surface area contributed by atoms with Crippen LogP contribution in [0.25, 0.3) is 0 Å². The van der Waals surface area contributed by atoms with E-state index in [1.807, 2.05) is 13.8 Å². The predicted molar refractivity (Wildman–Crippen MR) is 52.6 cm³/mol. The van der Waals surface area contributed by atoms with Crippen LogP contribution in [0.3, 0.4) is 0 Å². The Morgan fingerprint density at radius 2 is 2.21 bits per heavy atom. The van der Waals surface area contributed by atoms with Crippen molar-refractivity contribution in [2.45, 2.75) is 39.5 Å². The molecule has 0 saturated carbocycles. The van der Waals surface area contributed by atoms with Gasteiger partial charge in [-0.3, -0.25) is 0 Å². The third-order valence-corrected chi connectivity index (χ3v) is 2.34. The molecule has 1 aliphatic heterocycles. The summed E-state index contributed by atoms with van der Waals surface area (Å²) >= 11 is 0. The summed E-state index contributed by atoms with van der Waals surface area (Å²) in [6, 6.07) is 0.106. The van der Waals surface area contributed by atoms with Gasteiger partial charge in [-0.05, 0) is 13.8 Å². The van der Waals surface area contributed by atoms with E-state index < -0.39 is 0 Å². The van der Waals surface area contributed by atoms with E-state index in [1.54, 1.807) is 0 Å². The quantitative estimate of drug-likeness (QED) is 0.751. The first-order valence-electron chi connectivity index (χ1n) is 4.85. The smallest absolute Gasteiger partial charge is 0.130 e. The molecule has 2 N–H and O–H groups in total. The first-order chi connectivity index (χ1) is 6.66. The number of nitrogens with two attached hydrogens (primary N) is 1. The van der Waals surface area contributed by atoms with Gasteiger partial charge in [0.15, 0.2) is 0 Å². The predicted octanol–water partition coefficient (Wildman–Crippen LogP) is 0.705. The molecule has 1 aromatic heterocycles. The van der Waals surface area contributed by atoms with Crippen molar-refractivity contribution in [3.63, 3.8) is 0 Å². The number of hydrogen-bond acceptors (Lipinski definition) is 4. The Morgan fingerprint density at radius 1 is 1.43 bits per heavy atom. The topological polar surface area (TPSA) is 61.0 Å². The van der Waals surface area contributed by atoms with Crippen LogP contribution in [-0.2, 0) is 24.4 Å². The van der Waals surface area contributed by atoms with Crippen molar-refractivity contribution in [3.8, 4) is 0 Å². The maximum absolute atomic E-state index is 5.71. The minimum atomic E-state index is 0.106. The van der Waals surface area contributed by atoms with Gasteiger partial charge in [0, 0.05) is 23.7 Å². The SMILES string of the molecule is Cc1nc(CC(C)N)nc2c1COC2. The lowest BCUT2D eigenvalue weighted by Crippen LogP contribution is -2.20. The molecule has 2 rings (SSSR count). The van der Waals surface area contributed by atoms with Gasteiger partial charge in [0.05, 0.1) is 18.9 Å². The molecule has 1 aromatic rings. The van der Waals surface area contributed by atoms with Crippen LogP contribution in [0.15, 0.2) is 0 Å². The highest BCUT2D eigenvalue weighted by molar-refractivity contribution is 5.26. The van der Waals surface area contributed by atoms with E-state index in [2.05, 4.69) is 9.97 Å². The zero-order valence-corrected chi connectivity index (χ0v) is 8.58. The molecule has 14 heavy (non-hydrogen) atoms. The van der Waals surface area contributed by atoms with E-state index in [0.29, 0.717) is 13.2 Å². The highest BCUT2D eigenvalue weighted by atomic mass is 16.5. The molecule has 0 saturated heterocycles. The molecule has 0 amide bonds. The summed E-state index contributed by atoms with van der Waals surface area (Å²) in [6.07, 6.45) is 0.730. The summed E-state index contributed by atoms with van der Waals surface area (Å²) < 4.78 is 5.32. The van der Waals surface area contributed by atoms with Crippen molar-refractivity contribution in [1.29, 1.82) is 0 Å². The van der Waals surface area contributed by atoms with Crippen molar-refractivity contribution in [2.24, 2.45) is 5.73 Å². The molecule has 0 aliphatic carbocycles. The second kappa shape index (κ2) is 3.63. The fraction of sp³-hybridized carbons (Fsp3) is 0.600. The summed E-state index contributed by atoms with van der Waals surface area (Å²) in [4.78, 5) is 8.85. The van der Waals surface area contributed by atoms with Gasteiger partial charge >= 0.3 is 0 Å². The molecule has 4 heteroatoms. The van der Waals surface area contributed by atoms with Gasteiger partial charge in [-0.25, -0.2) is 9.97 Å². The summed E-state index contributed by atoms with van der Waals surface area (Å²) in [6.45, 7) is 5.23. The molecular formula is C10H15N3O. The van der Waals surface area contributed by atoms with E-state index in [-0.39, 0.29) is 6.04 Å². The Labute approximate surface area is 83.5 Å². The number of nitrogens with zero attached hydrogens (tertiary/aromatic N) is 2. The van der Waals surface area contributed by atoms with Crippen LogP contribution in [-0.4, -0.2) is 16.0 Å². The van der Waals surface area contributed by atoms with Crippen molar-refractivity contribution >= 4 is 0 Å². The molecular weight excluding hydrogens is 178 g/mol. The fourth-order valence-corrected chi connectivity index (χ4v) is 1.65. The normalized spacial score (nSPS) is 16.8. The number of rotatable bonds is 2. The van der Waals surface area contributed by atoms with Crippen LogP contribution in [0.5, 0.6) is 0 Å². The molecule has 76 valence electrons. The minimum Gasteiger partial charge on any atom is -0.370 e. The molecule has 1 aliphatic rings. The van der Waals surface area contributed by atoms with Gasteiger partial charge in [0.2, 0.25) is 0 Å². The lowest BCUT2D eigenvalue weighted by Gasteiger charge is -2.07. The summed E-state index contributed by atoms with van der Waals surface area (Å²) in [5.41, 5.74) is 8.93. The fourth-order valence-electron chi connectivity index (χ4n) is 1.65. The highest BCUT2D eigenvalue weighted by Crippen LogP contribution is 2.20. The van der Waals surface area contributed by atoms with Crippen molar-refractivity contribution in [3.05, 3.63) is 22.8 Å². The van der Waals surface area contributed by atoms with Crippen LogP contribution >= 0.6 is 0 Å². The molecule has 0 spiro atoms. The molecule has 0 fully saturated rings. The molecule has 1 unspecified atom stereocenters. The van der Waals surface area contributed by atoms with Crippen LogP contribution in [0, 0.1) is 6.92 Å². The van der Waals surface area contributed by atoms with Gasteiger partial charge in [0.25, 0.3) is 0 Å². The third-order valence-electron chi connectivity index (χ3n) is 2.34. The summed E-state index contributed by atoms with van der Waals surface area (Å²) in [5.74, 6) is 0.835. The van der Waals surface area contributed by atoms with Crippen LogP contribution < -0.4 is 5.73 Å². The first kappa shape index (κ1) is 9.55. The van der Waals surface area contributed by atoms with Crippen LogP contribution in [0.2, 0.25) is 0 Å². The Morgan fingerprint density at radius 3 is 2.93 bits per heavy atom. The number of hydrogen-bond donors (Lipinski definition) is 1. The zero-order chi connectivity index (χ0) is 10.1. The second-order valence-electron chi connectivity index (χ2n) is 3.82. The van der Waals surface area contributed by atoms with Gasteiger partial charge in [0.1, 0.15) is 5.82 Å². The van der Waals surface area contributed by atoms with E-state index in [4.69, 9.17) is 10.5 Å². The van der Waals surface area contributed by atoms with Crippen molar-refractivity contribution < 1.29 is 4.74 Å². The Kier molecular flexibility index (Phi) is 2.48. The summed E-state index contributed by atoms with van der Waals surface area (Å²) in [5, 5.41) is 0. The molecule has 0 aromatic carbocycles. The monoisotopic (exact) mass is 193 g/mol. The second-order valence-corrected chi connectivity index (χ2v) is 3.82. The Hall–Kier alpha value is -1.00. The van der Waals surface area contributed by atoms with Crippen molar-refractivity contribution in [2.75, 3.05) is 0 Å². The van der Waals surface area contributed by atoms with Gasteiger partial charge < -0.3 is 10.5 Å². The van der Waals surface area contributed by atoms with Crippen LogP contribution in [0.4, 0.5) is 0 Å². The molecule has 2 heterocycles. The minimum absolute atomic E-state index is 0.106. The van der Waals surface area contributed by atoms with E-state index in [1.165, 1.54) is 0 Å². The van der Waals surface area contributed by atoms with E-state index >= 15 is 0 Å². The van der Waals surface area contributed by atoms with E-state index in [0.717, 1.165) is 29.2 Å².